The van der Waals surface area contributed by atoms with Crippen molar-refractivity contribution in [2.45, 2.75) is 32.6 Å². The van der Waals surface area contributed by atoms with Crippen LogP contribution in [-0.2, 0) is 11.2 Å². The minimum absolute atomic E-state index is 0.297. The van der Waals surface area contributed by atoms with Crippen molar-refractivity contribution in [3.05, 3.63) is 29.7 Å². The van der Waals surface area contributed by atoms with Crippen LogP contribution >= 0.6 is 0 Å². The summed E-state index contributed by atoms with van der Waals surface area (Å²) < 4.78 is 5.61. The molecule has 0 aliphatic heterocycles. The van der Waals surface area contributed by atoms with Gasteiger partial charge in [-0.25, -0.2) is 4.98 Å². The van der Waals surface area contributed by atoms with Crippen molar-refractivity contribution in [1.29, 1.82) is 0 Å². The van der Waals surface area contributed by atoms with Crippen LogP contribution in [0.15, 0.2) is 22.6 Å². The SMILES string of the molecule is CC(C)c1nc2cc(CCC=O)ccc2o1. The Hall–Kier alpha value is -1.64. The second-order valence-corrected chi connectivity index (χ2v) is 4.21. The van der Waals surface area contributed by atoms with Crippen molar-refractivity contribution in [2.75, 3.05) is 0 Å². The zero-order valence-corrected chi connectivity index (χ0v) is 9.56. The summed E-state index contributed by atoms with van der Waals surface area (Å²) in [6.07, 6.45) is 2.26. The van der Waals surface area contributed by atoms with Crippen molar-refractivity contribution in [2.24, 2.45) is 0 Å². The first-order valence-corrected chi connectivity index (χ1v) is 5.53. The fourth-order valence-corrected chi connectivity index (χ4v) is 1.62. The van der Waals surface area contributed by atoms with E-state index >= 15 is 0 Å². The molecule has 0 bridgehead atoms. The van der Waals surface area contributed by atoms with Gasteiger partial charge in [-0.05, 0) is 24.1 Å². The topological polar surface area (TPSA) is 43.1 Å². The number of nitrogens with zero attached hydrogens (tertiary/aromatic N) is 1. The molecule has 3 heteroatoms. The second kappa shape index (κ2) is 4.47. The van der Waals surface area contributed by atoms with Gasteiger partial charge in [-0.3, -0.25) is 0 Å². The Kier molecular flexibility index (Phi) is 3.04. The quantitative estimate of drug-likeness (QED) is 0.739. The first-order valence-electron chi connectivity index (χ1n) is 5.53. The predicted octanol–water partition coefficient (Wildman–Crippen LogP) is 3.08. The molecule has 84 valence electrons. The summed E-state index contributed by atoms with van der Waals surface area (Å²) in [5.41, 5.74) is 2.83. The monoisotopic (exact) mass is 217 g/mol. The minimum Gasteiger partial charge on any atom is -0.440 e. The predicted molar refractivity (Wildman–Crippen MR) is 62.5 cm³/mol. The van der Waals surface area contributed by atoms with Gasteiger partial charge in [0.1, 0.15) is 11.8 Å². The van der Waals surface area contributed by atoms with Gasteiger partial charge >= 0.3 is 0 Å². The molecule has 0 radical (unpaired) electrons. The lowest BCUT2D eigenvalue weighted by atomic mass is 10.1. The number of fused-ring (bicyclic) bond motifs is 1. The van der Waals surface area contributed by atoms with E-state index in [0.717, 1.165) is 35.3 Å². The van der Waals surface area contributed by atoms with Crippen LogP contribution in [0.4, 0.5) is 0 Å². The fraction of sp³-hybridized carbons (Fsp3) is 0.385. The van der Waals surface area contributed by atoms with Crippen LogP contribution in [0.2, 0.25) is 0 Å². The molecule has 0 saturated heterocycles. The van der Waals surface area contributed by atoms with Gasteiger partial charge in [-0.1, -0.05) is 19.9 Å². The number of benzene rings is 1. The van der Waals surface area contributed by atoms with Crippen LogP contribution in [-0.4, -0.2) is 11.3 Å². The molecule has 0 aliphatic carbocycles. The molecule has 0 unspecified atom stereocenters. The molecule has 0 saturated carbocycles. The number of hydrogen-bond acceptors (Lipinski definition) is 3. The van der Waals surface area contributed by atoms with E-state index in [0.29, 0.717) is 12.3 Å². The number of oxazole rings is 1. The summed E-state index contributed by atoms with van der Waals surface area (Å²) in [5, 5.41) is 0. The maximum Gasteiger partial charge on any atom is 0.198 e. The summed E-state index contributed by atoms with van der Waals surface area (Å²) in [4.78, 5) is 14.7. The zero-order chi connectivity index (χ0) is 11.5. The normalized spacial score (nSPS) is 11.2. The highest BCUT2D eigenvalue weighted by Crippen LogP contribution is 2.22. The lowest BCUT2D eigenvalue weighted by molar-refractivity contribution is -0.107. The van der Waals surface area contributed by atoms with E-state index in [-0.39, 0.29) is 0 Å². The third-order valence-corrected chi connectivity index (χ3v) is 2.51. The van der Waals surface area contributed by atoms with Crippen LogP contribution in [0.5, 0.6) is 0 Å². The second-order valence-electron chi connectivity index (χ2n) is 4.21. The molecule has 0 aliphatic rings. The molecule has 0 atom stereocenters. The van der Waals surface area contributed by atoms with E-state index < -0.39 is 0 Å². The van der Waals surface area contributed by atoms with Crippen molar-refractivity contribution in [1.82, 2.24) is 4.98 Å². The van der Waals surface area contributed by atoms with Crippen molar-refractivity contribution in [3.8, 4) is 0 Å². The Labute approximate surface area is 94.5 Å². The van der Waals surface area contributed by atoms with E-state index in [1.807, 2.05) is 18.2 Å². The molecule has 2 aromatic rings. The third kappa shape index (κ3) is 2.13. The highest BCUT2D eigenvalue weighted by Gasteiger charge is 2.09. The van der Waals surface area contributed by atoms with Crippen LogP contribution < -0.4 is 0 Å². The van der Waals surface area contributed by atoms with Gasteiger partial charge in [0, 0.05) is 12.3 Å². The lowest BCUT2D eigenvalue weighted by Crippen LogP contribution is -1.86. The highest BCUT2D eigenvalue weighted by atomic mass is 16.3. The summed E-state index contributed by atoms with van der Waals surface area (Å²) in [6, 6.07) is 5.91. The number of carbonyl (C=O) groups is 1. The summed E-state index contributed by atoms with van der Waals surface area (Å²) in [5.74, 6) is 1.06. The molecule has 0 N–H and O–H groups in total. The maximum absolute atomic E-state index is 10.3. The number of rotatable bonds is 4. The van der Waals surface area contributed by atoms with Gasteiger partial charge in [0.15, 0.2) is 11.5 Å². The molecule has 1 aromatic carbocycles. The smallest absolute Gasteiger partial charge is 0.198 e. The number of carbonyl (C=O) groups excluding carboxylic acids is 1. The number of aldehydes is 1. The van der Waals surface area contributed by atoms with Crippen LogP contribution in [0.3, 0.4) is 0 Å². The van der Waals surface area contributed by atoms with Gasteiger partial charge in [0.25, 0.3) is 0 Å². The van der Waals surface area contributed by atoms with E-state index in [9.17, 15) is 4.79 Å². The highest BCUT2D eigenvalue weighted by molar-refractivity contribution is 5.73. The van der Waals surface area contributed by atoms with E-state index in [1.54, 1.807) is 0 Å². The van der Waals surface area contributed by atoms with Crippen molar-refractivity contribution in [3.63, 3.8) is 0 Å². The molecule has 0 amide bonds. The van der Waals surface area contributed by atoms with E-state index in [1.165, 1.54) is 0 Å². The summed E-state index contributed by atoms with van der Waals surface area (Å²) >= 11 is 0. The molecule has 1 heterocycles. The molecular weight excluding hydrogens is 202 g/mol. The van der Waals surface area contributed by atoms with Crippen molar-refractivity contribution >= 4 is 17.4 Å². The standard InChI is InChI=1S/C13H15NO2/c1-9(2)13-14-11-8-10(4-3-7-15)5-6-12(11)16-13/h5-9H,3-4H2,1-2H3. The Morgan fingerprint density at radius 2 is 2.25 bits per heavy atom. The number of hydrogen-bond donors (Lipinski definition) is 0. The van der Waals surface area contributed by atoms with E-state index in [2.05, 4.69) is 18.8 Å². The van der Waals surface area contributed by atoms with Crippen LogP contribution in [0, 0.1) is 0 Å². The van der Waals surface area contributed by atoms with Gasteiger partial charge in [0.2, 0.25) is 0 Å². The summed E-state index contributed by atoms with van der Waals surface area (Å²) in [7, 11) is 0. The Balaban J connectivity index is 2.34. The molecule has 2 rings (SSSR count). The van der Waals surface area contributed by atoms with Gasteiger partial charge in [-0.2, -0.15) is 0 Å². The first-order chi connectivity index (χ1) is 7.70. The maximum atomic E-state index is 10.3. The number of aromatic nitrogens is 1. The lowest BCUT2D eigenvalue weighted by Gasteiger charge is -1.95. The average Bonchev–Trinajstić information content (AvgIpc) is 2.69. The number of aryl methyl sites for hydroxylation is 1. The zero-order valence-electron chi connectivity index (χ0n) is 9.56. The van der Waals surface area contributed by atoms with Gasteiger partial charge < -0.3 is 9.21 Å². The van der Waals surface area contributed by atoms with Gasteiger partial charge in [-0.15, -0.1) is 0 Å². The molecule has 3 nitrogen and oxygen atoms in total. The van der Waals surface area contributed by atoms with Crippen molar-refractivity contribution < 1.29 is 9.21 Å². The summed E-state index contributed by atoms with van der Waals surface area (Å²) in [6.45, 7) is 4.11. The Morgan fingerprint density at radius 3 is 2.94 bits per heavy atom. The largest absolute Gasteiger partial charge is 0.440 e. The van der Waals surface area contributed by atoms with Crippen LogP contribution in [0.25, 0.3) is 11.1 Å². The molecule has 16 heavy (non-hydrogen) atoms. The molecule has 0 spiro atoms. The molecule has 0 fully saturated rings. The molecular formula is C13H15NO2. The average molecular weight is 217 g/mol. The Bertz CT molecular complexity index is 500. The van der Waals surface area contributed by atoms with E-state index in [4.69, 9.17) is 4.42 Å². The minimum atomic E-state index is 0.297. The fourth-order valence-electron chi connectivity index (χ4n) is 1.62. The first kappa shape index (κ1) is 10.9. The van der Waals surface area contributed by atoms with Gasteiger partial charge in [0.05, 0.1) is 0 Å². The Morgan fingerprint density at radius 1 is 1.44 bits per heavy atom. The third-order valence-electron chi connectivity index (χ3n) is 2.51. The molecule has 1 aromatic heterocycles. The van der Waals surface area contributed by atoms with Crippen LogP contribution in [0.1, 0.15) is 37.6 Å².